The highest BCUT2D eigenvalue weighted by Gasteiger charge is 2.38. The van der Waals surface area contributed by atoms with Gasteiger partial charge in [0.25, 0.3) is 0 Å². The van der Waals surface area contributed by atoms with Gasteiger partial charge in [0.2, 0.25) is 11.1 Å². The number of ketones is 1. The lowest BCUT2D eigenvalue weighted by Gasteiger charge is -2.34. The van der Waals surface area contributed by atoms with Crippen LogP contribution in [0.15, 0.2) is 71.0 Å². The molecule has 2 atom stereocenters. The molecule has 30 heavy (non-hydrogen) atoms. The Balaban J connectivity index is 1.60. The van der Waals surface area contributed by atoms with Crippen LogP contribution in [-0.4, -0.2) is 26.8 Å². The molecule has 1 N–H and O–H groups in total. The van der Waals surface area contributed by atoms with E-state index in [2.05, 4.69) is 22.3 Å². The third kappa shape index (κ3) is 3.39. The highest BCUT2D eigenvalue weighted by Crippen LogP contribution is 2.42. The van der Waals surface area contributed by atoms with E-state index in [4.69, 9.17) is 4.74 Å². The zero-order valence-corrected chi connectivity index (χ0v) is 17.6. The van der Waals surface area contributed by atoms with E-state index >= 15 is 0 Å². The Morgan fingerprint density at radius 1 is 1.10 bits per heavy atom. The summed E-state index contributed by atoms with van der Waals surface area (Å²) in [5.41, 5.74) is 2.71. The molecule has 7 heteroatoms. The van der Waals surface area contributed by atoms with Crippen molar-refractivity contribution in [1.29, 1.82) is 0 Å². The van der Waals surface area contributed by atoms with Crippen molar-refractivity contribution in [2.75, 3.05) is 11.6 Å². The maximum atomic E-state index is 13.1. The number of nitrogens with one attached hydrogen (secondary N) is 1. The van der Waals surface area contributed by atoms with E-state index in [1.54, 1.807) is 0 Å². The Kier molecular flexibility index (Phi) is 4.83. The highest BCUT2D eigenvalue weighted by molar-refractivity contribution is 7.98. The number of hydrogen-bond acceptors (Lipinski definition) is 6. The molecule has 6 nitrogen and oxygen atoms in total. The summed E-state index contributed by atoms with van der Waals surface area (Å²) in [6.07, 6.45) is 3.33. The SMILES string of the molecule is CSc1nc2n(n1)[C@@H](c1cccc(Oc3ccccc3)c1)C1=C(C[C@H](C)CC1=O)N2. The molecule has 0 fully saturated rings. The number of benzene rings is 2. The van der Waals surface area contributed by atoms with E-state index < -0.39 is 0 Å². The van der Waals surface area contributed by atoms with Gasteiger partial charge in [0.15, 0.2) is 5.78 Å². The van der Waals surface area contributed by atoms with Crippen LogP contribution in [0, 0.1) is 5.92 Å². The predicted octanol–water partition coefficient (Wildman–Crippen LogP) is 5.06. The monoisotopic (exact) mass is 418 g/mol. The summed E-state index contributed by atoms with van der Waals surface area (Å²) < 4.78 is 7.87. The minimum atomic E-state index is -0.316. The second kappa shape index (κ2) is 7.65. The van der Waals surface area contributed by atoms with Gasteiger partial charge < -0.3 is 10.1 Å². The first-order chi connectivity index (χ1) is 14.6. The lowest BCUT2D eigenvalue weighted by molar-refractivity contribution is -0.117. The molecule has 5 rings (SSSR count). The summed E-state index contributed by atoms with van der Waals surface area (Å²) in [6, 6.07) is 17.3. The van der Waals surface area contributed by atoms with E-state index in [1.807, 2.05) is 65.5 Å². The summed E-state index contributed by atoms with van der Waals surface area (Å²) in [5, 5.41) is 8.72. The molecule has 152 valence electrons. The summed E-state index contributed by atoms with van der Waals surface area (Å²) >= 11 is 1.49. The number of allylic oxidation sites excluding steroid dienone is 2. The number of carbonyl (C=O) groups is 1. The van der Waals surface area contributed by atoms with Gasteiger partial charge in [-0.05, 0) is 48.4 Å². The fourth-order valence-electron chi connectivity index (χ4n) is 4.15. The van der Waals surface area contributed by atoms with Crippen molar-refractivity contribution in [3.05, 3.63) is 71.4 Å². The Hall–Kier alpha value is -3.06. The third-order valence-electron chi connectivity index (χ3n) is 5.44. The number of hydrogen-bond donors (Lipinski definition) is 1. The number of fused-ring (bicyclic) bond motifs is 1. The second-order valence-electron chi connectivity index (χ2n) is 7.71. The van der Waals surface area contributed by atoms with Gasteiger partial charge in [0.05, 0.1) is 0 Å². The van der Waals surface area contributed by atoms with Crippen molar-refractivity contribution in [1.82, 2.24) is 14.8 Å². The summed E-state index contributed by atoms with van der Waals surface area (Å²) in [5.74, 6) is 2.66. The highest BCUT2D eigenvalue weighted by atomic mass is 32.2. The number of nitrogens with zero attached hydrogens (tertiary/aromatic N) is 3. The number of carbonyl (C=O) groups excluding carboxylic acids is 1. The van der Waals surface area contributed by atoms with Crippen LogP contribution in [-0.2, 0) is 4.79 Å². The Labute approximate surface area is 179 Å². The molecule has 1 aliphatic carbocycles. The van der Waals surface area contributed by atoms with Crippen LogP contribution < -0.4 is 10.1 Å². The molecular formula is C23H22N4O2S. The third-order valence-corrected chi connectivity index (χ3v) is 5.98. The first-order valence-electron chi connectivity index (χ1n) is 9.99. The maximum absolute atomic E-state index is 13.1. The van der Waals surface area contributed by atoms with Gasteiger partial charge in [-0.25, -0.2) is 4.68 Å². The Bertz CT molecular complexity index is 1140. The molecule has 0 unspecified atom stereocenters. The average molecular weight is 419 g/mol. The van der Waals surface area contributed by atoms with Crippen LogP contribution in [0.25, 0.3) is 0 Å². The second-order valence-corrected chi connectivity index (χ2v) is 8.48. The minimum absolute atomic E-state index is 0.169. The first kappa shape index (κ1) is 18.9. The normalized spacial score (nSPS) is 20.4. The standard InChI is InChI=1S/C23H22N4O2S/c1-14-11-18-20(19(28)12-14)21(27-22(24-18)25-23(26-27)30-2)15-7-6-10-17(13-15)29-16-8-4-3-5-9-16/h3-10,13-14,21H,11-12H2,1-2H3,(H,24,25,26)/t14-,21-/m0/s1. The van der Waals surface area contributed by atoms with Crippen LogP contribution in [0.4, 0.5) is 5.95 Å². The van der Waals surface area contributed by atoms with Gasteiger partial charge in [-0.1, -0.05) is 49.0 Å². The van der Waals surface area contributed by atoms with Crippen molar-refractivity contribution in [2.45, 2.75) is 31.0 Å². The van der Waals surface area contributed by atoms with Gasteiger partial charge in [-0.15, -0.1) is 5.10 Å². The molecule has 1 aromatic heterocycles. The van der Waals surface area contributed by atoms with Gasteiger partial charge >= 0.3 is 0 Å². The molecule has 0 spiro atoms. The van der Waals surface area contributed by atoms with Crippen molar-refractivity contribution < 1.29 is 9.53 Å². The lowest BCUT2D eigenvalue weighted by Crippen LogP contribution is -2.33. The molecule has 0 saturated carbocycles. The van der Waals surface area contributed by atoms with Crippen LogP contribution in [0.3, 0.4) is 0 Å². The average Bonchev–Trinajstić information content (AvgIpc) is 3.16. The van der Waals surface area contributed by atoms with E-state index in [0.29, 0.717) is 23.4 Å². The number of rotatable bonds is 4. The largest absolute Gasteiger partial charge is 0.457 e. The predicted molar refractivity (Wildman–Crippen MR) is 117 cm³/mol. The van der Waals surface area contributed by atoms with E-state index in [0.717, 1.165) is 34.8 Å². The number of aromatic nitrogens is 3. The fourth-order valence-corrected chi connectivity index (χ4v) is 4.50. The summed E-state index contributed by atoms with van der Waals surface area (Å²) in [6.45, 7) is 2.11. The number of thioether (sulfide) groups is 1. The van der Waals surface area contributed by atoms with Crippen molar-refractivity contribution in [3.8, 4) is 11.5 Å². The molecule has 0 radical (unpaired) electrons. The molecule has 1 aliphatic heterocycles. The first-order valence-corrected chi connectivity index (χ1v) is 11.2. The van der Waals surface area contributed by atoms with Crippen LogP contribution in [0.5, 0.6) is 11.5 Å². The topological polar surface area (TPSA) is 69.0 Å². The van der Waals surface area contributed by atoms with Crippen LogP contribution >= 0.6 is 11.8 Å². The molecule has 0 saturated heterocycles. The fraction of sp³-hybridized carbons (Fsp3) is 0.261. The molecular weight excluding hydrogens is 396 g/mol. The van der Waals surface area contributed by atoms with Gasteiger partial charge in [-0.3, -0.25) is 4.79 Å². The molecule has 2 aromatic carbocycles. The molecule has 2 heterocycles. The number of ether oxygens (including phenoxy) is 1. The summed E-state index contributed by atoms with van der Waals surface area (Å²) in [4.78, 5) is 17.7. The number of para-hydroxylation sites is 1. The van der Waals surface area contributed by atoms with E-state index in [9.17, 15) is 4.79 Å². The van der Waals surface area contributed by atoms with Gasteiger partial charge in [0.1, 0.15) is 17.5 Å². The van der Waals surface area contributed by atoms with Gasteiger partial charge in [0, 0.05) is 17.7 Å². The maximum Gasteiger partial charge on any atom is 0.227 e. The van der Waals surface area contributed by atoms with E-state index in [1.165, 1.54) is 11.8 Å². The van der Waals surface area contributed by atoms with Crippen molar-refractivity contribution in [3.63, 3.8) is 0 Å². The Morgan fingerprint density at radius 3 is 2.70 bits per heavy atom. The van der Waals surface area contributed by atoms with Crippen LogP contribution in [0.2, 0.25) is 0 Å². The number of Topliss-reactive ketones (excluding diaryl/α,β-unsaturated/α-hetero) is 1. The van der Waals surface area contributed by atoms with Gasteiger partial charge in [-0.2, -0.15) is 4.98 Å². The number of anilines is 1. The van der Waals surface area contributed by atoms with Crippen molar-refractivity contribution in [2.24, 2.45) is 5.92 Å². The quantitative estimate of drug-likeness (QED) is 0.597. The zero-order valence-electron chi connectivity index (χ0n) is 16.8. The smallest absolute Gasteiger partial charge is 0.227 e. The minimum Gasteiger partial charge on any atom is -0.457 e. The molecule has 0 bridgehead atoms. The zero-order chi connectivity index (χ0) is 20.7. The molecule has 0 amide bonds. The lowest BCUT2D eigenvalue weighted by atomic mass is 9.81. The summed E-state index contributed by atoms with van der Waals surface area (Å²) in [7, 11) is 0. The van der Waals surface area contributed by atoms with Crippen LogP contribution in [0.1, 0.15) is 31.4 Å². The van der Waals surface area contributed by atoms with E-state index in [-0.39, 0.29) is 11.8 Å². The molecule has 3 aromatic rings. The Morgan fingerprint density at radius 2 is 1.90 bits per heavy atom. The molecule has 2 aliphatic rings. The van der Waals surface area contributed by atoms with Crippen molar-refractivity contribution >= 4 is 23.5 Å².